The molecule has 1 unspecified atom stereocenters. The Morgan fingerprint density at radius 2 is 0.557 bits per heavy atom. The van der Waals surface area contributed by atoms with Crippen molar-refractivity contribution in [3.63, 3.8) is 0 Å². The van der Waals surface area contributed by atoms with E-state index < -0.39 is 6.10 Å². The van der Waals surface area contributed by atoms with Gasteiger partial charge in [-0.25, -0.2) is 0 Å². The third-order valence-electron chi connectivity index (χ3n) is 13.6. The van der Waals surface area contributed by atoms with Gasteiger partial charge in [-0.2, -0.15) is 0 Å². The Hall–Kier alpha value is -2.63. The zero-order valence-corrected chi connectivity index (χ0v) is 46.8. The zero-order valence-electron chi connectivity index (χ0n) is 46.8. The molecule has 0 bridgehead atoms. The highest BCUT2D eigenvalue weighted by Gasteiger charge is 2.19. The number of allylic oxidation sites excluding steroid dienone is 8. The van der Waals surface area contributed by atoms with Crippen molar-refractivity contribution in [2.75, 3.05) is 13.2 Å². The minimum absolute atomic E-state index is 0.0799. The summed E-state index contributed by atoms with van der Waals surface area (Å²) in [5.74, 6) is -0.895. The summed E-state index contributed by atoms with van der Waals surface area (Å²) in [6, 6.07) is 0. The van der Waals surface area contributed by atoms with E-state index in [1.54, 1.807) is 0 Å². The van der Waals surface area contributed by atoms with Crippen LogP contribution in [0.15, 0.2) is 48.6 Å². The molecule has 0 saturated carbocycles. The molecule has 1 atom stereocenters. The Bertz CT molecular complexity index is 1220. The zero-order chi connectivity index (χ0) is 50.7. The van der Waals surface area contributed by atoms with Crippen LogP contribution >= 0.6 is 0 Å². The van der Waals surface area contributed by atoms with Crippen LogP contribution in [0.1, 0.15) is 323 Å². The van der Waals surface area contributed by atoms with Gasteiger partial charge in [0.15, 0.2) is 6.10 Å². The topological polar surface area (TPSA) is 78.9 Å². The van der Waals surface area contributed by atoms with Crippen molar-refractivity contribution in [2.45, 2.75) is 329 Å². The van der Waals surface area contributed by atoms with Crippen LogP contribution in [0.25, 0.3) is 0 Å². The van der Waals surface area contributed by atoms with E-state index in [0.717, 1.165) is 83.5 Å². The number of carbonyl (C=O) groups is 3. The minimum atomic E-state index is -0.784. The molecule has 0 fully saturated rings. The molecule has 0 aliphatic heterocycles. The largest absolute Gasteiger partial charge is 0.462 e. The first kappa shape index (κ1) is 67.4. The Kier molecular flexibility index (Phi) is 56.7. The van der Waals surface area contributed by atoms with Gasteiger partial charge in [-0.3, -0.25) is 14.4 Å². The van der Waals surface area contributed by atoms with Gasteiger partial charge in [0.25, 0.3) is 0 Å². The van der Waals surface area contributed by atoms with E-state index in [0.29, 0.717) is 19.3 Å². The van der Waals surface area contributed by atoms with Crippen LogP contribution in [0.5, 0.6) is 0 Å². The van der Waals surface area contributed by atoms with Crippen LogP contribution in [-0.2, 0) is 28.6 Å². The lowest BCUT2D eigenvalue weighted by Gasteiger charge is -2.18. The molecule has 0 heterocycles. The van der Waals surface area contributed by atoms with Gasteiger partial charge < -0.3 is 14.2 Å². The second kappa shape index (κ2) is 58.9. The summed E-state index contributed by atoms with van der Waals surface area (Å²) in [5.41, 5.74) is 0. The van der Waals surface area contributed by atoms with Crippen LogP contribution in [0.2, 0.25) is 0 Å². The molecule has 0 saturated heterocycles. The molecular weight excluding hydrogens is 865 g/mol. The van der Waals surface area contributed by atoms with Gasteiger partial charge >= 0.3 is 17.9 Å². The van der Waals surface area contributed by atoms with Crippen molar-refractivity contribution in [3.05, 3.63) is 48.6 Å². The fourth-order valence-electron chi connectivity index (χ4n) is 8.98. The molecule has 0 aliphatic rings. The summed E-state index contributed by atoms with van der Waals surface area (Å²) in [4.78, 5) is 38.2. The van der Waals surface area contributed by atoms with Crippen molar-refractivity contribution >= 4 is 17.9 Å². The van der Waals surface area contributed by atoms with Gasteiger partial charge in [-0.05, 0) is 77.0 Å². The molecule has 0 spiro atoms. The fourth-order valence-corrected chi connectivity index (χ4v) is 8.98. The Labute approximate surface area is 435 Å². The molecule has 0 aliphatic carbocycles. The summed E-state index contributed by atoms with van der Waals surface area (Å²) in [7, 11) is 0. The number of rotatable bonds is 56. The maximum atomic E-state index is 12.9. The molecule has 0 amide bonds. The molecule has 6 heteroatoms. The lowest BCUT2D eigenvalue weighted by Crippen LogP contribution is -2.30. The van der Waals surface area contributed by atoms with Crippen molar-refractivity contribution in [2.24, 2.45) is 0 Å². The second-order valence-electron chi connectivity index (χ2n) is 20.6. The number of unbranched alkanes of at least 4 members (excludes halogenated alkanes) is 37. The SMILES string of the molecule is CC/C=C\C/C=C\C/C=C\CCCCCC(=O)OCC(COC(=O)CCCCCCCCCCCCCCCCCCCCCC)OC(=O)CCCCCCCCCCC/C=C\CCCCCCCC. The Morgan fingerprint density at radius 3 is 0.900 bits per heavy atom. The molecule has 0 rings (SSSR count). The predicted molar refractivity (Wildman–Crippen MR) is 302 cm³/mol. The van der Waals surface area contributed by atoms with Gasteiger partial charge in [0, 0.05) is 19.3 Å². The number of hydrogen-bond acceptors (Lipinski definition) is 6. The second-order valence-corrected chi connectivity index (χ2v) is 20.6. The van der Waals surface area contributed by atoms with E-state index >= 15 is 0 Å². The highest BCUT2D eigenvalue weighted by Crippen LogP contribution is 2.17. The number of esters is 3. The average molecular weight is 982 g/mol. The average Bonchev–Trinajstić information content (AvgIpc) is 3.36. The third-order valence-corrected chi connectivity index (χ3v) is 13.6. The first-order valence-corrected chi connectivity index (χ1v) is 30.6. The van der Waals surface area contributed by atoms with Gasteiger partial charge in [0.1, 0.15) is 13.2 Å². The number of hydrogen-bond donors (Lipinski definition) is 0. The van der Waals surface area contributed by atoms with Crippen LogP contribution < -0.4 is 0 Å². The Morgan fingerprint density at radius 1 is 0.300 bits per heavy atom. The first-order chi connectivity index (χ1) is 34.5. The smallest absolute Gasteiger partial charge is 0.306 e. The van der Waals surface area contributed by atoms with E-state index in [1.807, 2.05) is 0 Å². The van der Waals surface area contributed by atoms with E-state index in [2.05, 4.69) is 69.4 Å². The maximum Gasteiger partial charge on any atom is 0.306 e. The fraction of sp³-hybridized carbons (Fsp3) is 0.828. The monoisotopic (exact) mass is 981 g/mol. The van der Waals surface area contributed by atoms with Gasteiger partial charge in [-0.15, -0.1) is 0 Å². The van der Waals surface area contributed by atoms with Crippen LogP contribution in [-0.4, -0.2) is 37.2 Å². The van der Waals surface area contributed by atoms with Gasteiger partial charge in [0.05, 0.1) is 0 Å². The summed E-state index contributed by atoms with van der Waals surface area (Å²) >= 11 is 0. The van der Waals surface area contributed by atoms with Crippen LogP contribution in [0.3, 0.4) is 0 Å². The molecule has 0 aromatic rings. The van der Waals surface area contributed by atoms with Crippen LogP contribution in [0, 0.1) is 0 Å². The standard InChI is InChI=1S/C64H116O6/c1-4-7-10-13-16-19-22-25-27-29-31-33-34-36-39-42-45-48-51-54-57-63(66)69-60-61(59-68-62(65)56-53-50-47-44-41-38-24-21-18-15-12-9-6-3)70-64(67)58-55-52-49-46-43-40-37-35-32-30-28-26-23-20-17-14-11-8-5-2/h9,12,18,21,26,28,38,41,61H,4-8,10-11,13-17,19-20,22-25,27,29-37,39-40,42-60H2,1-3H3/b12-9-,21-18-,28-26-,41-38-. The molecule has 70 heavy (non-hydrogen) atoms. The summed E-state index contributed by atoms with van der Waals surface area (Å²) in [6.07, 6.45) is 72.6. The molecular formula is C64H116O6. The van der Waals surface area contributed by atoms with Crippen LogP contribution in [0.4, 0.5) is 0 Å². The molecule has 0 aromatic carbocycles. The van der Waals surface area contributed by atoms with Gasteiger partial charge in [0.2, 0.25) is 0 Å². The van der Waals surface area contributed by atoms with Gasteiger partial charge in [-0.1, -0.05) is 275 Å². The first-order valence-electron chi connectivity index (χ1n) is 30.6. The summed E-state index contributed by atoms with van der Waals surface area (Å²) < 4.78 is 16.9. The lowest BCUT2D eigenvalue weighted by atomic mass is 10.0. The van der Waals surface area contributed by atoms with E-state index in [9.17, 15) is 14.4 Å². The van der Waals surface area contributed by atoms with Crippen molar-refractivity contribution in [1.82, 2.24) is 0 Å². The Balaban J connectivity index is 4.32. The maximum absolute atomic E-state index is 12.9. The number of ether oxygens (including phenoxy) is 3. The number of carbonyl (C=O) groups excluding carboxylic acids is 3. The highest BCUT2D eigenvalue weighted by atomic mass is 16.6. The summed E-state index contributed by atoms with van der Waals surface area (Å²) in [6.45, 7) is 6.54. The van der Waals surface area contributed by atoms with E-state index in [4.69, 9.17) is 14.2 Å². The minimum Gasteiger partial charge on any atom is -0.462 e. The molecule has 408 valence electrons. The normalized spacial score (nSPS) is 12.3. The third kappa shape index (κ3) is 56.3. The molecule has 6 nitrogen and oxygen atoms in total. The summed E-state index contributed by atoms with van der Waals surface area (Å²) in [5, 5.41) is 0. The molecule has 0 radical (unpaired) electrons. The highest BCUT2D eigenvalue weighted by molar-refractivity contribution is 5.71. The van der Waals surface area contributed by atoms with E-state index in [1.165, 1.54) is 199 Å². The molecule has 0 N–H and O–H groups in total. The quantitative estimate of drug-likeness (QED) is 0.0261. The van der Waals surface area contributed by atoms with Crippen molar-refractivity contribution in [3.8, 4) is 0 Å². The van der Waals surface area contributed by atoms with Crippen molar-refractivity contribution in [1.29, 1.82) is 0 Å². The predicted octanol–water partition coefficient (Wildman–Crippen LogP) is 20.6. The van der Waals surface area contributed by atoms with E-state index in [-0.39, 0.29) is 31.1 Å². The molecule has 0 aromatic heterocycles. The van der Waals surface area contributed by atoms with Crippen molar-refractivity contribution < 1.29 is 28.6 Å². The lowest BCUT2D eigenvalue weighted by molar-refractivity contribution is -0.167.